The molecule has 0 unspecified atom stereocenters. The third kappa shape index (κ3) is 4.86. The van der Waals surface area contributed by atoms with Gasteiger partial charge in [-0.05, 0) is 37.3 Å². The van der Waals surface area contributed by atoms with Crippen molar-refractivity contribution < 1.29 is 27.8 Å². The quantitative estimate of drug-likeness (QED) is 0.390. The summed E-state index contributed by atoms with van der Waals surface area (Å²) in [7, 11) is 0. The monoisotopic (exact) mass is 464 g/mol. The van der Waals surface area contributed by atoms with Crippen LogP contribution in [-0.4, -0.2) is 27.7 Å². The number of ether oxygens (including phenoxy) is 1. The number of carbonyl (C=O) groups is 1. The lowest BCUT2D eigenvalue weighted by atomic mass is 10.1. The first kappa shape index (κ1) is 21.3. The molecular formula is C21H15F3N2O3S2. The van der Waals surface area contributed by atoms with Crippen molar-refractivity contribution in [2.24, 2.45) is 0 Å². The third-order valence-electron chi connectivity index (χ3n) is 4.43. The van der Waals surface area contributed by atoms with Gasteiger partial charge in [-0.1, -0.05) is 12.1 Å². The third-order valence-corrected chi connectivity index (χ3v) is 6.65. The lowest BCUT2D eigenvalue weighted by Crippen LogP contribution is -2.09. The zero-order chi connectivity index (χ0) is 22.2. The van der Waals surface area contributed by atoms with E-state index in [4.69, 9.17) is 9.84 Å². The number of carboxylic acids is 1. The van der Waals surface area contributed by atoms with Gasteiger partial charge in [0.2, 0.25) is 0 Å². The van der Waals surface area contributed by atoms with Crippen LogP contribution in [0, 0.1) is 6.92 Å². The van der Waals surface area contributed by atoms with Crippen molar-refractivity contribution in [1.82, 2.24) is 9.97 Å². The van der Waals surface area contributed by atoms with E-state index in [1.807, 2.05) is 6.92 Å². The van der Waals surface area contributed by atoms with Crippen molar-refractivity contribution in [3.63, 3.8) is 0 Å². The maximum absolute atomic E-state index is 12.8. The molecule has 0 bridgehead atoms. The van der Waals surface area contributed by atoms with Crippen LogP contribution in [0.2, 0.25) is 0 Å². The molecule has 4 rings (SSSR count). The Balaban J connectivity index is 1.54. The van der Waals surface area contributed by atoms with Gasteiger partial charge in [0.25, 0.3) is 0 Å². The van der Waals surface area contributed by atoms with E-state index in [9.17, 15) is 18.0 Å². The van der Waals surface area contributed by atoms with Gasteiger partial charge in [0.05, 0.1) is 26.5 Å². The Labute approximate surface area is 182 Å². The van der Waals surface area contributed by atoms with Crippen molar-refractivity contribution in [2.75, 3.05) is 6.61 Å². The Bertz CT molecular complexity index is 1250. The second-order valence-corrected chi connectivity index (χ2v) is 8.90. The molecule has 0 amide bonds. The van der Waals surface area contributed by atoms with Crippen LogP contribution in [0.1, 0.15) is 21.1 Å². The molecule has 0 radical (unpaired) electrons. The van der Waals surface area contributed by atoms with Crippen molar-refractivity contribution in [1.29, 1.82) is 0 Å². The second kappa shape index (κ2) is 8.27. The number of fused-ring (bicyclic) bond motifs is 1. The zero-order valence-corrected chi connectivity index (χ0v) is 17.7. The zero-order valence-electron chi connectivity index (χ0n) is 16.1. The van der Waals surface area contributed by atoms with Crippen molar-refractivity contribution in [3.8, 4) is 16.3 Å². The number of hydrogen-bond acceptors (Lipinski definition) is 6. The summed E-state index contributed by atoms with van der Waals surface area (Å²) in [5.74, 6) is -0.585. The fraction of sp³-hybridized carbons (Fsp3) is 0.190. The predicted molar refractivity (Wildman–Crippen MR) is 113 cm³/mol. The summed E-state index contributed by atoms with van der Waals surface area (Å²) in [4.78, 5) is 20.8. The van der Waals surface area contributed by atoms with Crippen LogP contribution in [0.5, 0.6) is 5.75 Å². The molecule has 0 aliphatic carbocycles. The minimum absolute atomic E-state index is 0.413. The van der Waals surface area contributed by atoms with Crippen molar-refractivity contribution in [3.05, 3.63) is 63.6 Å². The number of aromatic nitrogens is 2. The number of nitrogens with zero attached hydrogens (tertiary/aromatic N) is 2. The Morgan fingerprint density at radius 3 is 2.52 bits per heavy atom. The number of halogens is 3. The minimum atomic E-state index is -4.37. The molecule has 5 nitrogen and oxygen atoms in total. The van der Waals surface area contributed by atoms with E-state index in [0.717, 1.165) is 37.9 Å². The Morgan fingerprint density at radius 2 is 1.84 bits per heavy atom. The second-order valence-electron chi connectivity index (χ2n) is 6.70. The molecule has 31 heavy (non-hydrogen) atoms. The summed E-state index contributed by atoms with van der Waals surface area (Å²) in [6.45, 7) is 1.45. The summed E-state index contributed by atoms with van der Waals surface area (Å²) in [5.41, 5.74) is 1.54. The normalized spacial score (nSPS) is 11.7. The predicted octanol–water partition coefficient (Wildman–Crippen LogP) is 5.80. The Kier molecular flexibility index (Phi) is 5.67. The van der Waals surface area contributed by atoms with Crippen LogP contribution in [0.25, 0.3) is 20.8 Å². The summed E-state index contributed by atoms with van der Waals surface area (Å²) < 4.78 is 44.4. The fourth-order valence-corrected chi connectivity index (χ4v) is 5.09. The number of aryl methyl sites for hydroxylation is 1. The standard InChI is InChI=1S/C21H15F3N2O3S2/c1-11-16(31-20(25-11)12-2-4-13(5-3-12)21(22,23)24)9-18-26-15-7-6-14(8-17(15)30-18)29-10-19(27)28/h2-8H,9-10H2,1H3,(H,27,28). The summed E-state index contributed by atoms with van der Waals surface area (Å²) in [5, 5.41) is 10.2. The number of alkyl halides is 3. The molecule has 10 heteroatoms. The maximum atomic E-state index is 12.8. The number of hydrogen-bond donors (Lipinski definition) is 1. The van der Waals surface area contributed by atoms with Crippen LogP contribution in [0.4, 0.5) is 13.2 Å². The van der Waals surface area contributed by atoms with Crippen LogP contribution in [0.15, 0.2) is 42.5 Å². The highest BCUT2D eigenvalue weighted by Gasteiger charge is 2.30. The van der Waals surface area contributed by atoms with E-state index >= 15 is 0 Å². The maximum Gasteiger partial charge on any atom is 0.416 e. The summed E-state index contributed by atoms with van der Waals surface area (Å²) >= 11 is 2.90. The van der Waals surface area contributed by atoms with E-state index in [2.05, 4.69) is 9.97 Å². The first-order chi connectivity index (χ1) is 14.7. The van der Waals surface area contributed by atoms with Crippen LogP contribution in [-0.2, 0) is 17.4 Å². The average Bonchev–Trinajstić information content (AvgIpc) is 3.28. The van der Waals surface area contributed by atoms with Gasteiger partial charge < -0.3 is 9.84 Å². The highest BCUT2D eigenvalue weighted by Crippen LogP contribution is 2.34. The number of rotatable bonds is 6. The van der Waals surface area contributed by atoms with E-state index < -0.39 is 24.3 Å². The van der Waals surface area contributed by atoms with Gasteiger partial charge >= 0.3 is 12.1 Å². The Morgan fingerprint density at radius 1 is 1.10 bits per heavy atom. The number of benzene rings is 2. The molecular weight excluding hydrogens is 449 g/mol. The molecule has 0 fully saturated rings. The minimum Gasteiger partial charge on any atom is -0.482 e. The van der Waals surface area contributed by atoms with E-state index in [1.54, 1.807) is 18.2 Å². The molecule has 2 heterocycles. The van der Waals surface area contributed by atoms with Crippen molar-refractivity contribution >= 4 is 38.9 Å². The molecule has 4 aromatic rings. The van der Waals surface area contributed by atoms with Gasteiger partial charge in [0.1, 0.15) is 10.8 Å². The molecule has 0 aliphatic heterocycles. The molecule has 2 aromatic carbocycles. The Hall–Kier alpha value is -2.98. The molecule has 0 atom stereocenters. The smallest absolute Gasteiger partial charge is 0.416 e. The summed E-state index contributed by atoms with van der Waals surface area (Å²) in [6, 6.07) is 10.2. The van der Waals surface area contributed by atoms with Gasteiger partial charge in [-0.25, -0.2) is 14.8 Å². The van der Waals surface area contributed by atoms with Crippen LogP contribution >= 0.6 is 22.7 Å². The van der Waals surface area contributed by atoms with E-state index in [0.29, 0.717) is 22.7 Å². The largest absolute Gasteiger partial charge is 0.482 e. The highest BCUT2D eigenvalue weighted by molar-refractivity contribution is 7.19. The topological polar surface area (TPSA) is 72.3 Å². The first-order valence-electron chi connectivity index (χ1n) is 9.07. The molecule has 0 spiro atoms. The number of aliphatic carboxylic acids is 1. The molecule has 1 N–H and O–H groups in total. The molecule has 160 valence electrons. The van der Waals surface area contributed by atoms with Gasteiger partial charge in [-0.15, -0.1) is 22.7 Å². The lowest BCUT2D eigenvalue weighted by molar-refractivity contribution is -0.139. The van der Waals surface area contributed by atoms with Gasteiger partial charge in [-0.3, -0.25) is 0 Å². The van der Waals surface area contributed by atoms with Gasteiger partial charge in [0.15, 0.2) is 6.61 Å². The molecule has 0 saturated carbocycles. The van der Waals surface area contributed by atoms with Crippen LogP contribution in [0.3, 0.4) is 0 Å². The molecule has 0 aliphatic rings. The molecule has 2 aromatic heterocycles. The SMILES string of the molecule is Cc1nc(-c2ccc(C(F)(F)F)cc2)sc1Cc1nc2ccc(OCC(=O)O)cc2s1. The van der Waals surface area contributed by atoms with Gasteiger partial charge in [0, 0.05) is 16.9 Å². The molecule has 0 saturated heterocycles. The highest BCUT2D eigenvalue weighted by atomic mass is 32.1. The lowest BCUT2D eigenvalue weighted by Gasteiger charge is -2.06. The number of thiazole rings is 2. The van der Waals surface area contributed by atoms with Crippen LogP contribution < -0.4 is 4.74 Å². The summed E-state index contributed by atoms with van der Waals surface area (Å²) in [6.07, 6.45) is -3.82. The first-order valence-corrected chi connectivity index (χ1v) is 10.7. The fourth-order valence-electron chi connectivity index (χ4n) is 2.92. The van der Waals surface area contributed by atoms with Crippen molar-refractivity contribution in [2.45, 2.75) is 19.5 Å². The average molecular weight is 464 g/mol. The van der Waals surface area contributed by atoms with Gasteiger partial charge in [-0.2, -0.15) is 13.2 Å². The van der Waals surface area contributed by atoms with E-state index in [-0.39, 0.29) is 0 Å². The van der Waals surface area contributed by atoms with E-state index in [1.165, 1.54) is 34.8 Å². The number of carboxylic acid groups (broad SMARTS) is 1.